The van der Waals surface area contributed by atoms with Gasteiger partial charge in [-0.15, -0.1) is 0 Å². The lowest BCUT2D eigenvalue weighted by Gasteiger charge is -2.15. The van der Waals surface area contributed by atoms with Crippen molar-refractivity contribution in [2.24, 2.45) is 11.8 Å². The van der Waals surface area contributed by atoms with Crippen LogP contribution in [0.4, 0.5) is 4.39 Å². The van der Waals surface area contributed by atoms with Crippen LogP contribution in [-0.2, 0) is 4.79 Å². The molecule has 0 aliphatic heterocycles. The van der Waals surface area contributed by atoms with Gasteiger partial charge in [0.1, 0.15) is 6.17 Å². The summed E-state index contributed by atoms with van der Waals surface area (Å²) in [4.78, 5) is 10.6. The molecule has 0 radical (unpaired) electrons. The molecule has 76 valence electrons. The third kappa shape index (κ3) is 2.40. The van der Waals surface area contributed by atoms with Crippen molar-refractivity contribution >= 4 is 5.91 Å². The predicted molar refractivity (Wildman–Crippen MR) is 46.9 cm³/mol. The fraction of sp³-hybridized carbons (Fsp3) is 0.889. The fourth-order valence-corrected chi connectivity index (χ4v) is 1.81. The van der Waals surface area contributed by atoms with Gasteiger partial charge in [0.25, 0.3) is 0 Å². The molecule has 0 bridgehead atoms. The maximum atomic E-state index is 13.1. The van der Waals surface area contributed by atoms with Gasteiger partial charge >= 0.3 is 0 Å². The SMILES string of the molecule is CC(=O)NC[C@H]1CC(O)[C@H](F)[C@H]1C. The van der Waals surface area contributed by atoms with Crippen molar-refractivity contribution in [1.82, 2.24) is 5.32 Å². The van der Waals surface area contributed by atoms with Crippen molar-refractivity contribution < 1.29 is 14.3 Å². The molecule has 1 amide bonds. The number of hydrogen-bond acceptors (Lipinski definition) is 2. The van der Waals surface area contributed by atoms with E-state index in [-0.39, 0.29) is 17.7 Å². The van der Waals surface area contributed by atoms with Crippen molar-refractivity contribution in [3.05, 3.63) is 0 Å². The van der Waals surface area contributed by atoms with Gasteiger partial charge in [-0.25, -0.2) is 4.39 Å². The number of aliphatic hydroxyl groups is 1. The minimum Gasteiger partial charge on any atom is -0.390 e. The van der Waals surface area contributed by atoms with Gasteiger partial charge in [0.05, 0.1) is 6.10 Å². The second-order valence-corrected chi connectivity index (χ2v) is 3.80. The molecule has 1 aliphatic carbocycles. The van der Waals surface area contributed by atoms with Crippen LogP contribution in [0.15, 0.2) is 0 Å². The third-order valence-corrected chi connectivity index (χ3v) is 2.77. The summed E-state index contributed by atoms with van der Waals surface area (Å²) in [5, 5.41) is 11.9. The highest BCUT2D eigenvalue weighted by molar-refractivity contribution is 5.72. The van der Waals surface area contributed by atoms with Gasteiger partial charge in [0.2, 0.25) is 5.91 Å². The van der Waals surface area contributed by atoms with Crippen molar-refractivity contribution in [3.63, 3.8) is 0 Å². The highest BCUT2D eigenvalue weighted by Gasteiger charge is 2.39. The van der Waals surface area contributed by atoms with Crippen molar-refractivity contribution in [2.45, 2.75) is 32.5 Å². The van der Waals surface area contributed by atoms with Crippen molar-refractivity contribution in [1.29, 1.82) is 0 Å². The lowest BCUT2D eigenvalue weighted by atomic mass is 9.97. The normalized spacial score (nSPS) is 39.1. The highest BCUT2D eigenvalue weighted by Crippen LogP contribution is 2.33. The summed E-state index contributed by atoms with van der Waals surface area (Å²) in [6.07, 6.45) is -1.55. The monoisotopic (exact) mass is 189 g/mol. The maximum absolute atomic E-state index is 13.1. The van der Waals surface area contributed by atoms with Crippen LogP contribution in [0.25, 0.3) is 0 Å². The Balaban J connectivity index is 2.40. The Hall–Kier alpha value is -0.640. The minimum absolute atomic E-state index is 0.0638. The Labute approximate surface area is 77.3 Å². The van der Waals surface area contributed by atoms with E-state index in [2.05, 4.69) is 5.32 Å². The molecule has 0 aromatic rings. The molecular formula is C9H16FNO2. The van der Waals surface area contributed by atoms with Gasteiger partial charge in [-0.2, -0.15) is 0 Å². The molecule has 0 spiro atoms. The van der Waals surface area contributed by atoms with Crippen LogP contribution in [-0.4, -0.2) is 29.8 Å². The van der Waals surface area contributed by atoms with Gasteiger partial charge < -0.3 is 10.4 Å². The van der Waals surface area contributed by atoms with Crippen molar-refractivity contribution in [3.8, 4) is 0 Å². The number of alkyl halides is 1. The average molecular weight is 189 g/mol. The van der Waals surface area contributed by atoms with E-state index in [9.17, 15) is 14.3 Å². The van der Waals surface area contributed by atoms with Crippen LogP contribution in [0.2, 0.25) is 0 Å². The molecule has 1 rings (SSSR count). The molecular weight excluding hydrogens is 173 g/mol. The molecule has 1 saturated carbocycles. The smallest absolute Gasteiger partial charge is 0.216 e. The van der Waals surface area contributed by atoms with Gasteiger partial charge in [0.15, 0.2) is 0 Å². The quantitative estimate of drug-likeness (QED) is 0.663. The molecule has 3 nitrogen and oxygen atoms in total. The van der Waals surface area contributed by atoms with Gasteiger partial charge in [-0.3, -0.25) is 4.79 Å². The van der Waals surface area contributed by atoms with Gasteiger partial charge in [0, 0.05) is 13.5 Å². The van der Waals surface area contributed by atoms with Crippen molar-refractivity contribution in [2.75, 3.05) is 6.54 Å². The van der Waals surface area contributed by atoms with Crippen LogP contribution in [0.1, 0.15) is 20.3 Å². The Bertz CT molecular complexity index is 198. The molecule has 0 aromatic heterocycles. The molecule has 1 fully saturated rings. The van der Waals surface area contributed by atoms with E-state index in [1.165, 1.54) is 6.92 Å². The molecule has 0 saturated heterocycles. The van der Waals surface area contributed by atoms with Gasteiger partial charge in [-0.05, 0) is 18.3 Å². The highest BCUT2D eigenvalue weighted by atomic mass is 19.1. The number of amides is 1. The maximum Gasteiger partial charge on any atom is 0.216 e. The third-order valence-electron chi connectivity index (χ3n) is 2.77. The number of hydrogen-bond donors (Lipinski definition) is 2. The fourth-order valence-electron chi connectivity index (χ4n) is 1.81. The van der Waals surface area contributed by atoms with E-state index >= 15 is 0 Å². The largest absolute Gasteiger partial charge is 0.390 e. The molecule has 4 atom stereocenters. The summed E-state index contributed by atoms with van der Waals surface area (Å²) in [6.45, 7) is 3.67. The van der Waals surface area contributed by atoms with Gasteiger partial charge in [-0.1, -0.05) is 6.92 Å². The summed E-state index contributed by atoms with van der Waals surface area (Å²) in [5.74, 6) is -0.209. The van der Waals surface area contributed by atoms with E-state index < -0.39 is 12.3 Å². The molecule has 2 N–H and O–H groups in total. The average Bonchev–Trinajstić information content (AvgIpc) is 2.29. The van der Waals surface area contributed by atoms with E-state index in [1.54, 1.807) is 6.92 Å². The Morgan fingerprint density at radius 1 is 1.69 bits per heavy atom. The molecule has 1 aliphatic rings. The molecule has 1 unspecified atom stereocenters. The molecule has 0 aromatic carbocycles. The number of nitrogens with one attached hydrogen (secondary N) is 1. The lowest BCUT2D eigenvalue weighted by Crippen LogP contribution is -2.29. The molecule has 4 heteroatoms. The second-order valence-electron chi connectivity index (χ2n) is 3.80. The minimum atomic E-state index is -1.14. The summed E-state index contributed by atoms with van der Waals surface area (Å²) >= 11 is 0. The summed E-state index contributed by atoms with van der Waals surface area (Å²) < 4.78 is 13.1. The second kappa shape index (κ2) is 4.05. The zero-order valence-corrected chi connectivity index (χ0v) is 7.96. The number of aliphatic hydroxyl groups excluding tert-OH is 1. The van der Waals surface area contributed by atoms with Crippen LogP contribution in [0.5, 0.6) is 0 Å². The molecule has 0 heterocycles. The lowest BCUT2D eigenvalue weighted by molar-refractivity contribution is -0.119. The van der Waals surface area contributed by atoms with E-state index in [0.717, 1.165) is 0 Å². The molecule has 13 heavy (non-hydrogen) atoms. The Kier molecular flexibility index (Phi) is 3.25. The number of carbonyl (C=O) groups excluding carboxylic acids is 1. The van der Waals surface area contributed by atoms with Crippen LogP contribution < -0.4 is 5.32 Å². The zero-order chi connectivity index (χ0) is 10.0. The van der Waals surface area contributed by atoms with E-state index in [1.807, 2.05) is 0 Å². The van der Waals surface area contributed by atoms with Crippen LogP contribution >= 0.6 is 0 Å². The summed E-state index contributed by atoms with van der Waals surface area (Å²) in [7, 11) is 0. The van der Waals surface area contributed by atoms with Crippen LogP contribution in [0.3, 0.4) is 0 Å². The summed E-state index contributed by atoms with van der Waals surface area (Å²) in [5.41, 5.74) is 0. The van der Waals surface area contributed by atoms with Crippen LogP contribution in [0, 0.1) is 11.8 Å². The van der Waals surface area contributed by atoms with E-state index in [4.69, 9.17) is 0 Å². The zero-order valence-electron chi connectivity index (χ0n) is 7.96. The first-order chi connectivity index (χ1) is 6.02. The standard InChI is InChI=1S/C9H16FNO2/c1-5-7(4-11-6(2)12)3-8(13)9(5)10/h5,7-9,13H,3-4H2,1-2H3,(H,11,12)/t5-,7+,8?,9+/m0/s1. The Morgan fingerprint density at radius 3 is 2.69 bits per heavy atom. The first kappa shape index (κ1) is 10.4. The van der Waals surface area contributed by atoms with E-state index in [0.29, 0.717) is 13.0 Å². The first-order valence-corrected chi connectivity index (χ1v) is 4.59. The predicted octanol–water partition coefficient (Wildman–Crippen LogP) is 0.477. The topological polar surface area (TPSA) is 49.3 Å². The number of halogens is 1. The number of rotatable bonds is 2. The first-order valence-electron chi connectivity index (χ1n) is 4.59. The Morgan fingerprint density at radius 2 is 2.31 bits per heavy atom. The summed E-state index contributed by atoms with van der Waals surface area (Å²) in [6, 6.07) is 0. The number of carbonyl (C=O) groups is 1.